The Morgan fingerprint density at radius 3 is 2.83 bits per heavy atom. The Hall–Kier alpha value is -0.610. The molecule has 0 radical (unpaired) electrons. The van der Waals surface area contributed by atoms with Gasteiger partial charge in [0.05, 0.1) is 18.2 Å². The highest BCUT2D eigenvalue weighted by atomic mass is 16.5. The Bertz CT molecular complexity index is 170. The Labute approximate surface area is 72.5 Å². The van der Waals surface area contributed by atoms with Crippen LogP contribution in [0.2, 0.25) is 0 Å². The fraction of sp³-hybridized carbons (Fsp3) is 0.875. The number of ether oxygens (including phenoxy) is 1. The average Bonchev–Trinajstić information content (AvgIpc) is 2.36. The number of hydrogen-bond donors (Lipinski definition) is 2. The number of nitrogens with one attached hydrogen (secondary N) is 1. The van der Waals surface area contributed by atoms with E-state index >= 15 is 0 Å². The molecule has 1 fully saturated rings. The third-order valence-electron chi connectivity index (χ3n) is 2.12. The van der Waals surface area contributed by atoms with E-state index in [9.17, 15) is 4.79 Å². The van der Waals surface area contributed by atoms with Gasteiger partial charge in [0, 0.05) is 6.61 Å². The van der Waals surface area contributed by atoms with Gasteiger partial charge in [-0.15, -0.1) is 0 Å². The predicted molar refractivity (Wildman–Crippen MR) is 45.6 cm³/mol. The first-order chi connectivity index (χ1) is 5.61. The summed E-state index contributed by atoms with van der Waals surface area (Å²) in [6.07, 6.45) is 1.01. The van der Waals surface area contributed by atoms with E-state index in [0.717, 1.165) is 13.0 Å². The topological polar surface area (TPSA) is 64.3 Å². The maximum Gasteiger partial charge on any atom is 0.236 e. The first-order valence-electron chi connectivity index (χ1n) is 4.29. The lowest BCUT2D eigenvalue weighted by molar-refractivity contribution is -0.123. The predicted octanol–water partition coefficient (Wildman–Crippen LogP) is -0.373. The van der Waals surface area contributed by atoms with Gasteiger partial charge in [-0.3, -0.25) is 4.79 Å². The molecule has 1 aliphatic heterocycles. The van der Waals surface area contributed by atoms with Crippen molar-refractivity contribution in [3.63, 3.8) is 0 Å². The minimum absolute atomic E-state index is 0.0997. The van der Waals surface area contributed by atoms with Crippen molar-refractivity contribution in [2.75, 3.05) is 6.61 Å². The van der Waals surface area contributed by atoms with Crippen LogP contribution in [0.1, 0.15) is 20.3 Å². The number of carbonyl (C=O) groups is 1. The zero-order chi connectivity index (χ0) is 9.14. The van der Waals surface area contributed by atoms with Crippen LogP contribution in [0.3, 0.4) is 0 Å². The molecule has 0 aromatic rings. The summed E-state index contributed by atoms with van der Waals surface area (Å²) >= 11 is 0. The summed E-state index contributed by atoms with van der Waals surface area (Å²) < 4.78 is 5.29. The Morgan fingerprint density at radius 1 is 1.75 bits per heavy atom. The number of hydrogen-bond acceptors (Lipinski definition) is 3. The van der Waals surface area contributed by atoms with E-state index < -0.39 is 6.04 Å². The van der Waals surface area contributed by atoms with Crippen molar-refractivity contribution < 1.29 is 9.53 Å². The highest BCUT2D eigenvalue weighted by Crippen LogP contribution is 2.12. The molecule has 12 heavy (non-hydrogen) atoms. The molecular weight excluding hydrogens is 156 g/mol. The zero-order valence-corrected chi connectivity index (χ0v) is 7.54. The largest absolute Gasteiger partial charge is 0.376 e. The van der Waals surface area contributed by atoms with Crippen molar-refractivity contribution in [3.05, 3.63) is 0 Å². The van der Waals surface area contributed by atoms with Crippen molar-refractivity contribution >= 4 is 5.91 Å². The molecule has 0 aliphatic carbocycles. The van der Waals surface area contributed by atoms with E-state index in [1.54, 1.807) is 6.92 Å². The third kappa shape index (κ3) is 2.19. The fourth-order valence-corrected chi connectivity index (χ4v) is 1.24. The van der Waals surface area contributed by atoms with Gasteiger partial charge in [-0.1, -0.05) is 0 Å². The number of carbonyl (C=O) groups excluding carboxylic acids is 1. The minimum Gasteiger partial charge on any atom is -0.376 e. The smallest absolute Gasteiger partial charge is 0.236 e. The van der Waals surface area contributed by atoms with Gasteiger partial charge < -0.3 is 15.8 Å². The second-order valence-electron chi connectivity index (χ2n) is 3.27. The molecule has 1 amide bonds. The van der Waals surface area contributed by atoms with Gasteiger partial charge in [0.2, 0.25) is 5.91 Å². The van der Waals surface area contributed by atoms with Crippen LogP contribution in [0.15, 0.2) is 0 Å². The fourth-order valence-electron chi connectivity index (χ4n) is 1.24. The van der Waals surface area contributed by atoms with Crippen molar-refractivity contribution in [1.29, 1.82) is 0 Å². The van der Waals surface area contributed by atoms with Gasteiger partial charge in [-0.2, -0.15) is 0 Å². The summed E-state index contributed by atoms with van der Waals surface area (Å²) in [5.74, 6) is -0.0997. The number of rotatable bonds is 2. The molecule has 0 aromatic heterocycles. The van der Waals surface area contributed by atoms with Crippen LogP contribution in [-0.4, -0.2) is 30.7 Å². The van der Waals surface area contributed by atoms with E-state index in [2.05, 4.69) is 5.32 Å². The van der Waals surface area contributed by atoms with Gasteiger partial charge in [-0.05, 0) is 20.3 Å². The molecule has 0 aromatic carbocycles. The van der Waals surface area contributed by atoms with Crippen LogP contribution < -0.4 is 11.1 Å². The molecular formula is C8H16N2O2. The van der Waals surface area contributed by atoms with E-state index in [1.165, 1.54) is 0 Å². The van der Waals surface area contributed by atoms with Gasteiger partial charge in [0.15, 0.2) is 0 Å². The average molecular weight is 172 g/mol. The summed E-state index contributed by atoms with van der Waals surface area (Å²) in [4.78, 5) is 11.2. The molecule has 4 nitrogen and oxygen atoms in total. The molecule has 4 heteroatoms. The van der Waals surface area contributed by atoms with Crippen LogP contribution >= 0.6 is 0 Å². The summed E-state index contributed by atoms with van der Waals surface area (Å²) in [6, 6.07) is -0.290. The van der Waals surface area contributed by atoms with E-state index in [4.69, 9.17) is 10.5 Å². The molecule has 1 aliphatic rings. The summed E-state index contributed by atoms with van der Waals surface area (Å²) in [5.41, 5.74) is 5.41. The van der Waals surface area contributed by atoms with Crippen LogP contribution in [0, 0.1) is 0 Å². The van der Waals surface area contributed by atoms with Gasteiger partial charge in [-0.25, -0.2) is 0 Å². The van der Waals surface area contributed by atoms with E-state index in [-0.39, 0.29) is 18.1 Å². The van der Waals surface area contributed by atoms with Gasteiger partial charge in [0.1, 0.15) is 0 Å². The molecule has 3 N–H and O–H groups in total. The van der Waals surface area contributed by atoms with Crippen molar-refractivity contribution in [2.45, 2.75) is 38.5 Å². The summed E-state index contributed by atoms with van der Waals surface area (Å²) in [6.45, 7) is 4.36. The summed E-state index contributed by atoms with van der Waals surface area (Å²) in [5, 5.41) is 2.84. The van der Waals surface area contributed by atoms with Crippen LogP contribution in [0.25, 0.3) is 0 Å². The molecule has 70 valence electrons. The van der Waals surface area contributed by atoms with Crippen LogP contribution in [0.5, 0.6) is 0 Å². The Kier molecular flexibility index (Phi) is 3.05. The van der Waals surface area contributed by atoms with Crippen molar-refractivity contribution in [3.8, 4) is 0 Å². The first kappa shape index (κ1) is 9.48. The first-order valence-corrected chi connectivity index (χ1v) is 4.29. The van der Waals surface area contributed by atoms with Crippen molar-refractivity contribution in [1.82, 2.24) is 5.32 Å². The van der Waals surface area contributed by atoms with E-state index in [0.29, 0.717) is 0 Å². The molecule has 1 heterocycles. The maximum absolute atomic E-state index is 11.2. The third-order valence-corrected chi connectivity index (χ3v) is 2.12. The highest BCUT2D eigenvalue weighted by molar-refractivity contribution is 5.81. The maximum atomic E-state index is 11.2. The van der Waals surface area contributed by atoms with Gasteiger partial charge in [0.25, 0.3) is 0 Å². The standard InChI is InChI=1S/C8H16N2O2/c1-5(9)8(11)10-7-3-4-12-6(7)2/h5-7H,3-4,9H2,1-2H3,(H,10,11)/t5-,6?,7?/m1/s1. The Balaban J connectivity index is 2.35. The van der Waals surface area contributed by atoms with Crippen molar-refractivity contribution in [2.24, 2.45) is 5.73 Å². The Morgan fingerprint density at radius 2 is 2.42 bits per heavy atom. The lowest BCUT2D eigenvalue weighted by Gasteiger charge is -2.17. The SMILES string of the molecule is CC1OCCC1NC(=O)[C@@H](C)N. The van der Waals surface area contributed by atoms with Crippen LogP contribution in [0.4, 0.5) is 0 Å². The summed E-state index contributed by atoms with van der Waals surface area (Å²) in [7, 11) is 0. The second kappa shape index (κ2) is 3.87. The quantitative estimate of drug-likeness (QED) is 0.597. The van der Waals surface area contributed by atoms with Gasteiger partial charge >= 0.3 is 0 Å². The molecule has 0 saturated carbocycles. The number of amides is 1. The molecule has 3 atom stereocenters. The normalized spacial score (nSPS) is 31.6. The molecule has 0 spiro atoms. The second-order valence-corrected chi connectivity index (χ2v) is 3.27. The molecule has 1 rings (SSSR count). The highest BCUT2D eigenvalue weighted by Gasteiger charge is 2.26. The van der Waals surface area contributed by atoms with E-state index in [1.807, 2.05) is 6.92 Å². The molecule has 0 bridgehead atoms. The molecule has 1 saturated heterocycles. The number of nitrogens with two attached hydrogens (primary N) is 1. The zero-order valence-electron chi connectivity index (χ0n) is 7.54. The monoisotopic (exact) mass is 172 g/mol. The van der Waals surface area contributed by atoms with Crippen LogP contribution in [-0.2, 0) is 9.53 Å². The minimum atomic E-state index is -0.433. The molecule has 2 unspecified atom stereocenters. The lowest BCUT2D eigenvalue weighted by atomic mass is 10.1. The lowest BCUT2D eigenvalue weighted by Crippen LogP contribution is -2.46.